The lowest BCUT2D eigenvalue weighted by Gasteiger charge is -2.30. The van der Waals surface area contributed by atoms with E-state index in [9.17, 15) is 0 Å². The molecule has 0 amide bonds. The molecule has 7 unspecified atom stereocenters. The van der Waals surface area contributed by atoms with Crippen LogP contribution in [0.25, 0.3) is 0 Å². The highest BCUT2D eigenvalue weighted by Gasteiger charge is 2.19. The highest BCUT2D eigenvalue weighted by atomic mass is 16.5. The van der Waals surface area contributed by atoms with Gasteiger partial charge in [-0.15, -0.1) is 0 Å². The van der Waals surface area contributed by atoms with Gasteiger partial charge < -0.3 is 139 Å². The van der Waals surface area contributed by atoms with Crippen molar-refractivity contribution in [3.63, 3.8) is 0 Å². The molecule has 33 heteroatoms. The fraction of sp³-hybridized carbons (Fsp3) is 1.00. The molecule has 7 atom stereocenters. The summed E-state index contributed by atoms with van der Waals surface area (Å²) in [5.74, 6) is 4.73. The predicted octanol–water partition coefficient (Wildman–Crippen LogP) is -3.64. The summed E-state index contributed by atoms with van der Waals surface area (Å²) in [4.78, 5) is 13.2. The molecule has 8 saturated heterocycles. The van der Waals surface area contributed by atoms with Gasteiger partial charge in [0.2, 0.25) is 0 Å². The van der Waals surface area contributed by atoms with Crippen LogP contribution in [-0.2, 0) is 9.47 Å². The molecule has 8 aliphatic heterocycles. The van der Waals surface area contributed by atoms with E-state index >= 15 is 0 Å². The number of morpholine rings is 2. The number of hydrogen-bond acceptors (Lipinski definition) is 33. The first-order valence-corrected chi connectivity index (χ1v) is 39.3. The maximum Gasteiger partial charge on any atom is 0.0897 e. The number of aliphatic hydroxyl groups is 14. The molecule has 634 valence electrons. The second kappa shape index (κ2) is 88.9. The molecule has 1 saturated carbocycles. The van der Waals surface area contributed by atoms with Gasteiger partial charge in [0, 0.05) is 115 Å². The maximum atomic E-state index is 9.12. The number of rotatable bonds is 20. The van der Waals surface area contributed by atoms with Crippen LogP contribution < -0.4 is 50.1 Å². The Kier molecular flexibility index (Phi) is 95.1. The number of β-amino-alcohol motifs (C(OH)–C–C–N with tert-alkyl or cyclic N) is 6. The Morgan fingerprint density at radius 3 is 1.24 bits per heavy atom. The van der Waals surface area contributed by atoms with Crippen LogP contribution in [0.5, 0.6) is 0 Å². The summed E-state index contributed by atoms with van der Waals surface area (Å²) in [5, 5.41) is 142. The van der Waals surface area contributed by atoms with E-state index in [1.54, 1.807) is 6.92 Å². The van der Waals surface area contributed by atoms with Crippen molar-refractivity contribution in [1.82, 2.24) is 56.4 Å². The summed E-state index contributed by atoms with van der Waals surface area (Å²) >= 11 is 0. The van der Waals surface area contributed by atoms with Crippen LogP contribution in [0.15, 0.2) is 0 Å². The summed E-state index contributed by atoms with van der Waals surface area (Å²) in [6.45, 7) is 28.7. The molecule has 0 aromatic carbocycles. The van der Waals surface area contributed by atoms with Crippen molar-refractivity contribution in [2.24, 2.45) is 23.0 Å². The Morgan fingerprint density at radius 1 is 0.490 bits per heavy atom. The van der Waals surface area contributed by atoms with Gasteiger partial charge in [-0.1, -0.05) is 44.9 Å². The fourth-order valence-electron chi connectivity index (χ4n) is 10.7. The molecule has 104 heavy (non-hydrogen) atoms. The van der Waals surface area contributed by atoms with Gasteiger partial charge in [-0.25, -0.2) is 11.0 Å². The van der Waals surface area contributed by atoms with Gasteiger partial charge >= 0.3 is 0 Å². The number of likely N-dealkylation sites (tertiary alicyclic amines) is 4. The van der Waals surface area contributed by atoms with E-state index in [0.717, 1.165) is 169 Å². The van der Waals surface area contributed by atoms with Crippen molar-refractivity contribution in [2.75, 3.05) is 244 Å². The minimum atomic E-state index is -0.604. The minimum absolute atomic E-state index is 0.0602. The molecule has 0 spiro atoms. The Bertz CT molecular complexity index is 1450. The van der Waals surface area contributed by atoms with E-state index in [1.165, 1.54) is 103 Å². The number of hydrazine groups is 1. The van der Waals surface area contributed by atoms with E-state index in [2.05, 4.69) is 58.0 Å². The lowest BCUT2D eigenvalue weighted by Crippen LogP contribution is -2.41. The highest BCUT2D eigenvalue weighted by molar-refractivity contribution is 4.74. The Hall–Kier alpha value is -1.32. The molecule has 0 aromatic heterocycles. The lowest BCUT2D eigenvalue weighted by molar-refractivity contribution is 0.00170. The minimum Gasteiger partial charge on any atom is -0.396 e. The van der Waals surface area contributed by atoms with Crippen molar-refractivity contribution in [3.8, 4) is 0 Å². The van der Waals surface area contributed by atoms with Gasteiger partial charge in [0.25, 0.3) is 0 Å². The zero-order valence-electron chi connectivity index (χ0n) is 66.0. The number of nitrogens with two attached hydrogens (primary N) is 4. The van der Waals surface area contributed by atoms with Crippen molar-refractivity contribution in [1.29, 1.82) is 0 Å². The molecule has 1 aliphatic carbocycles. The standard InChI is InChI=1S/C8H17NO2.C7H15NO3.2C7H15NO.C6H13NO2.3C6H13NO.C5H11NO.3C3H9NO.C2H8N2O.C2H7NO/c10-7-8(11)6-9-4-2-1-3-5-9;9-6-7(10)5-8-1-3-11-4-2-8;1-8-5-3-2-4-7(8)6-9;9-7-6-8-4-2-1-3-5-8;8-4-1-7-2-5-9-6-3-7;1-7-4-2-3-6(8)5-7;8-5-6-3-1-2-4-7-6;8-7-6-4-2-1-3-5-6;7-5-2-1-3-6-4-5;1-3(2)4-5;1-3(4)2-5;4-2-1-3-5;3-4-1-2-5;3-1-2-4/h8,10-11H,1-7H2;7,9-10H,1-6H2;7,9H,2-6H2,1H3;9H,1-7H2;8H,1-6H2;6,8H,2-5H2,1H3;2*6-8H,1-5H2;5-7H,1-4H2;3-5H,1-2H3;3,5H,2,4H2,1H3;5H,1-4H2;4-5H,1-3H2;4H,1-3H2. The number of hydrogen-bond donors (Lipinski definition) is 25. The molecular formula is C71H167N15O18. The van der Waals surface area contributed by atoms with Crippen LogP contribution in [0.3, 0.4) is 0 Å². The molecule has 33 nitrogen and oxygen atoms in total. The van der Waals surface area contributed by atoms with E-state index < -0.39 is 12.2 Å². The molecule has 8 heterocycles. The van der Waals surface area contributed by atoms with Crippen molar-refractivity contribution >= 4 is 0 Å². The van der Waals surface area contributed by atoms with Crippen LogP contribution in [0.4, 0.5) is 0 Å². The van der Waals surface area contributed by atoms with Crippen molar-refractivity contribution < 1.29 is 91.4 Å². The van der Waals surface area contributed by atoms with Crippen LogP contribution in [0, 0.1) is 0 Å². The molecule has 29 N–H and O–H groups in total. The number of piperidine rings is 6. The second-order valence-electron chi connectivity index (χ2n) is 27.4. The first-order chi connectivity index (χ1) is 50.2. The largest absolute Gasteiger partial charge is 0.396 e. The fourth-order valence-corrected chi connectivity index (χ4v) is 10.7. The maximum absolute atomic E-state index is 9.12. The van der Waals surface area contributed by atoms with Crippen molar-refractivity contribution in [2.45, 2.75) is 217 Å². The summed E-state index contributed by atoms with van der Waals surface area (Å²) < 4.78 is 10.3. The summed E-state index contributed by atoms with van der Waals surface area (Å²) in [7, 11) is 4.13. The molecule has 9 rings (SSSR count). The van der Waals surface area contributed by atoms with Gasteiger partial charge in [0.15, 0.2) is 0 Å². The second-order valence-corrected chi connectivity index (χ2v) is 27.4. The molecule has 9 fully saturated rings. The van der Waals surface area contributed by atoms with Gasteiger partial charge in [0.05, 0.1) is 110 Å². The number of nitrogens with zero attached hydrogens (tertiary/aromatic N) is 6. The van der Waals surface area contributed by atoms with Gasteiger partial charge in [-0.05, 0) is 190 Å². The zero-order valence-corrected chi connectivity index (χ0v) is 66.0. The quantitative estimate of drug-likeness (QED) is 0.0413. The van der Waals surface area contributed by atoms with Crippen LogP contribution >= 0.6 is 0 Å². The number of ether oxygens (including phenoxy) is 2. The smallest absolute Gasteiger partial charge is 0.0897 e. The molecule has 0 aromatic rings. The van der Waals surface area contributed by atoms with Gasteiger partial charge in [0.1, 0.15) is 0 Å². The summed E-state index contributed by atoms with van der Waals surface area (Å²) in [5.41, 5.74) is 21.4. The number of likely N-dealkylation sites (N-methyl/N-ethyl adjacent to an activating group) is 2. The Labute approximate surface area is 629 Å². The molecule has 9 aliphatic rings. The van der Waals surface area contributed by atoms with Crippen LogP contribution in [0.1, 0.15) is 162 Å². The summed E-state index contributed by atoms with van der Waals surface area (Å²) in [6.07, 6.45) is 25.1. The van der Waals surface area contributed by atoms with Gasteiger partial charge in [-0.3, -0.25) is 21.1 Å². The average Bonchev–Trinajstić information content (AvgIpc) is 0.955. The predicted molar refractivity (Wildman–Crippen MR) is 415 cm³/mol. The monoisotopic (exact) mass is 1520 g/mol. The third-order valence-electron chi connectivity index (χ3n) is 17.0. The third kappa shape index (κ3) is 84.7. The van der Waals surface area contributed by atoms with E-state index in [1.807, 2.05) is 26.4 Å². The first kappa shape index (κ1) is 111. The van der Waals surface area contributed by atoms with Crippen molar-refractivity contribution in [3.05, 3.63) is 0 Å². The zero-order chi connectivity index (χ0) is 78.9. The van der Waals surface area contributed by atoms with E-state index in [-0.39, 0.29) is 70.5 Å². The van der Waals surface area contributed by atoms with Crippen LogP contribution in [0.2, 0.25) is 0 Å². The van der Waals surface area contributed by atoms with E-state index in [0.29, 0.717) is 70.7 Å². The number of hydroxylamine groups is 2. The SMILES string of the molecule is CC(C)NO.CC(N)CO.CN1CCCC(O)C1.CN1CCCCC1CO.NCCCO.NCCO.NNCCO.OC1CCCNC1.OCC(O)CN1CCCCC1.OCC(O)CN1CCOCC1.OCC1CCCCN1.OCCN1CCCCC1.OCCN1CCOCC1.ONC1CCCCC1. The number of aliphatic hydroxyl groups excluding tert-OH is 14. The third-order valence-corrected chi connectivity index (χ3v) is 17.0. The topological polar surface area (TPSA) is 526 Å². The lowest BCUT2D eigenvalue weighted by atomic mass is 9.96. The number of nitrogens with one attached hydrogen (secondary N) is 5. The normalized spacial score (nSPS) is 22.7. The Balaban J connectivity index is -0.000000341. The molecule has 0 radical (unpaired) electrons. The van der Waals surface area contributed by atoms with Gasteiger partial charge in [-0.2, -0.15) is 0 Å². The first-order valence-electron chi connectivity index (χ1n) is 39.3. The van der Waals surface area contributed by atoms with Crippen LogP contribution in [-0.4, -0.2) is 410 Å². The highest BCUT2D eigenvalue weighted by Crippen LogP contribution is 2.17. The molecular weight excluding hydrogens is 1350 g/mol. The molecule has 0 bridgehead atoms. The average molecular weight is 1520 g/mol. The van der Waals surface area contributed by atoms with E-state index in [4.69, 9.17) is 114 Å². The Morgan fingerprint density at radius 2 is 0.952 bits per heavy atom. The summed E-state index contributed by atoms with van der Waals surface area (Å²) in [6, 6.07) is 1.36.